The molecule has 0 atom stereocenters. The molecule has 0 bridgehead atoms. The minimum atomic E-state index is 0.645. The van der Waals surface area contributed by atoms with Crippen LogP contribution in [0.5, 0.6) is 0 Å². The zero-order valence-electron chi connectivity index (χ0n) is 11.4. The molecule has 98 valence electrons. The first-order valence-electron chi connectivity index (χ1n) is 6.11. The number of pyridine rings is 1. The van der Waals surface area contributed by atoms with Gasteiger partial charge in [-0.15, -0.1) is 0 Å². The lowest BCUT2D eigenvalue weighted by Gasteiger charge is -2.20. The molecule has 18 heavy (non-hydrogen) atoms. The number of hydrogen-bond donors (Lipinski definition) is 1. The minimum Gasteiger partial charge on any atom is -0.348 e. The predicted octanol–water partition coefficient (Wildman–Crippen LogP) is 2.33. The number of nitrogens with zero attached hydrogens (tertiary/aromatic N) is 3. The molecule has 4 nitrogen and oxygen atoms in total. The van der Waals surface area contributed by atoms with E-state index in [9.17, 15) is 0 Å². The summed E-state index contributed by atoms with van der Waals surface area (Å²) in [7, 11) is 0. The number of hydrazone groups is 1. The summed E-state index contributed by atoms with van der Waals surface area (Å²) in [6.45, 7) is 9.76. The van der Waals surface area contributed by atoms with Crippen LogP contribution < -0.4 is 5.43 Å². The second-order valence-corrected chi connectivity index (χ2v) is 4.34. The molecule has 0 amide bonds. The van der Waals surface area contributed by atoms with Gasteiger partial charge in [-0.25, -0.2) is 0 Å². The zero-order valence-corrected chi connectivity index (χ0v) is 12.2. The van der Waals surface area contributed by atoms with E-state index in [1.165, 1.54) is 0 Å². The van der Waals surface area contributed by atoms with Gasteiger partial charge in [0.2, 0.25) is 0 Å². The van der Waals surface area contributed by atoms with E-state index in [0.29, 0.717) is 5.11 Å². The largest absolute Gasteiger partial charge is 0.348 e. The zero-order chi connectivity index (χ0) is 13.5. The van der Waals surface area contributed by atoms with E-state index >= 15 is 0 Å². The van der Waals surface area contributed by atoms with Gasteiger partial charge in [-0.05, 0) is 52.0 Å². The number of hydrogen-bond acceptors (Lipinski definition) is 3. The van der Waals surface area contributed by atoms with Crippen LogP contribution in [0, 0.1) is 6.92 Å². The fourth-order valence-corrected chi connectivity index (χ4v) is 1.82. The summed E-state index contributed by atoms with van der Waals surface area (Å²) in [6, 6.07) is 5.87. The normalized spacial score (nSPS) is 11.2. The van der Waals surface area contributed by atoms with Crippen LogP contribution in [0.25, 0.3) is 0 Å². The van der Waals surface area contributed by atoms with E-state index in [4.69, 9.17) is 12.2 Å². The van der Waals surface area contributed by atoms with Crippen LogP contribution in [0.1, 0.15) is 32.2 Å². The Kier molecular flexibility index (Phi) is 5.71. The number of nitrogens with one attached hydrogen (secondary N) is 1. The molecule has 0 saturated carbocycles. The van der Waals surface area contributed by atoms with Crippen molar-refractivity contribution in [1.29, 1.82) is 0 Å². The van der Waals surface area contributed by atoms with Crippen molar-refractivity contribution in [3.8, 4) is 0 Å². The topological polar surface area (TPSA) is 40.5 Å². The molecule has 0 unspecified atom stereocenters. The van der Waals surface area contributed by atoms with Gasteiger partial charge in [-0.2, -0.15) is 5.10 Å². The van der Waals surface area contributed by atoms with Crippen molar-refractivity contribution >= 4 is 23.0 Å². The lowest BCUT2D eigenvalue weighted by Crippen LogP contribution is -2.37. The first-order chi connectivity index (χ1) is 8.58. The van der Waals surface area contributed by atoms with Crippen LogP contribution in [-0.4, -0.2) is 33.8 Å². The van der Waals surface area contributed by atoms with Gasteiger partial charge in [0.1, 0.15) is 0 Å². The van der Waals surface area contributed by atoms with E-state index < -0.39 is 0 Å². The molecule has 1 heterocycles. The standard InChI is InChI=1S/C13H20N4S/c1-5-17(6-2)13(18)16-15-11(4)12-9-7-8-10(3)14-12/h7-9H,5-6H2,1-4H3,(H,16,18)/b15-11+. The third kappa shape index (κ3) is 4.07. The first kappa shape index (κ1) is 14.6. The molecule has 1 aromatic rings. The summed E-state index contributed by atoms with van der Waals surface area (Å²) in [6.07, 6.45) is 0. The summed E-state index contributed by atoms with van der Waals surface area (Å²) < 4.78 is 0. The Balaban J connectivity index is 2.70. The molecule has 1 rings (SSSR count). The fraction of sp³-hybridized carbons (Fsp3) is 0.462. The van der Waals surface area contributed by atoms with Crippen molar-refractivity contribution in [1.82, 2.24) is 15.3 Å². The van der Waals surface area contributed by atoms with E-state index in [1.54, 1.807) is 0 Å². The molecule has 1 aromatic heterocycles. The highest BCUT2D eigenvalue weighted by molar-refractivity contribution is 7.80. The van der Waals surface area contributed by atoms with Crippen LogP contribution in [0.2, 0.25) is 0 Å². The minimum absolute atomic E-state index is 0.645. The SMILES string of the molecule is CCN(CC)C(=S)N/N=C(\C)c1cccc(C)n1. The van der Waals surface area contributed by atoms with Crippen molar-refractivity contribution in [2.45, 2.75) is 27.7 Å². The molecule has 0 fully saturated rings. The van der Waals surface area contributed by atoms with E-state index in [2.05, 4.69) is 29.4 Å². The van der Waals surface area contributed by atoms with Gasteiger partial charge < -0.3 is 4.90 Å². The summed E-state index contributed by atoms with van der Waals surface area (Å²) in [4.78, 5) is 6.45. The van der Waals surface area contributed by atoms with E-state index in [0.717, 1.165) is 30.2 Å². The highest BCUT2D eigenvalue weighted by Gasteiger charge is 2.04. The molecule has 0 aliphatic carbocycles. The Bertz CT molecular complexity index is 438. The molecule has 0 saturated heterocycles. The Labute approximate surface area is 114 Å². The molecular weight excluding hydrogens is 244 g/mol. The summed E-state index contributed by atoms with van der Waals surface area (Å²) in [5.74, 6) is 0. The van der Waals surface area contributed by atoms with Gasteiger partial charge in [0.25, 0.3) is 0 Å². The Morgan fingerprint density at radius 1 is 1.39 bits per heavy atom. The van der Waals surface area contributed by atoms with Gasteiger partial charge in [0.05, 0.1) is 11.4 Å². The molecule has 0 aliphatic heterocycles. The summed E-state index contributed by atoms with van der Waals surface area (Å²) in [5.41, 5.74) is 5.58. The Morgan fingerprint density at radius 3 is 2.61 bits per heavy atom. The average molecular weight is 264 g/mol. The molecule has 0 spiro atoms. The second kappa shape index (κ2) is 7.06. The van der Waals surface area contributed by atoms with Crippen molar-refractivity contribution in [3.63, 3.8) is 0 Å². The third-order valence-corrected chi connectivity index (χ3v) is 2.98. The highest BCUT2D eigenvalue weighted by Crippen LogP contribution is 2.00. The van der Waals surface area contributed by atoms with Crippen LogP contribution in [0.4, 0.5) is 0 Å². The highest BCUT2D eigenvalue weighted by atomic mass is 32.1. The monoisotopic (exact) mass is 264 g/mol. The van der Waals surface area contributed by atoms with Crippen LogP contribution in [-0.2, 0) is 0 Å². The Morgan fingerprint density at radius 2 is 2.06 bits per heavy atom. The quantitative estimate of drug-likeness (QED) is 0.515. The fourth-order valence-electron chi connectivity index (χ4n) is 1.52. The van der Waals surface area contributed by atoms with Crippen molar-refractivity contribution < 1.29 is 0 Å². The van der Waals surface area contributed by atoms with Gasteiger partial charge in [0.15, 0.2) is 5.11 Å². The van der Waals surface area contributed by atoms with Crippen molar-refractivity contribution in [3.05, 3.63) is 29.6 Å². The molecular formula is C13H20N4S. The maximum Gasteiger partial charge on any atom is 0.189 e. The number of aryl methyl sites for hydroxylation is 1. The van der Waals surface area contributed by atoms with Gasteiger partial charge >= 0.3 is 0 Å². The number of rotatable bonds is 4. The lowest BCUT2D eigenvalue weighted by atomic mass is 10.2. The molecule has 0 aromatic carbocycles. The molecule has 1 N–H and O–H groups in total. The molecule has 5 heteroatoms. The lowest BCUT2D eigenvalue weighted by molar-refractivity contribution is 0.458. The average Bonchev–Trinajstić information content (AvgIpc) is 2.37. The van der Waals surface area contributed by atoms with Crippen LogP contribution in [0.3, 0.4) is 0 Å². The Hall–Kier alpha value is -1.49. The molecule has 0 radical (unpaired) electrons. The van der Waals surface area contributed by atoms with Crippen molar-refractivity contribution in [2.75, 3.05) is 13.1 Å². The smallest absolute Gasteiger partial charge is 0.189 e. The predicted molar refractivity (Wildman–Crippen MR) is 79.8 cm³/mol. The van der Waals surface area contributed by atoms with Crippen LogP contribution in [0.15, 0.2) is 23.3 Å². The van der Waals surface area contributed by atoms with Crippen molar-refractivity contribution in [2.24, 2.45) is 5.10 Å². The van der Waals surface area contributed by atoms with Crippen LogP contribution >= 0.6 is 12.2 Å². The molecule has 0 aliphatic rings. The van der Waals surface area contributed by atoms with E-state index in [-0.39, 0.29) is 0 Å². The first-order valence-corrected chi connectivity index (χ1v) is 6.52. The van der Waals surface area contributed by atoms with Gasteiger partial charge in [-0.1, -0.05) is 6.07 Å². The maximum atomic E-state index is 5.26. The van der Waals surface area contributed by atoms with Gasteiger partial charge in [0, 0.05) is 18.8 Å². The summed E-state index contributed by atoms with van der Waals surface area (Å²) in [5, 5.41) is 4.92. The van der Waals surface area contributed by atoms with E-state index in [1.807, 2.05) is 36.9 Å². The number of thiocarbonyl (C=S) groups is 1. The second-order valence-electron chi connectivity index (χ2n) is 3.95. The third-order valence-electron chi connectivity index (χ3n) is 2.63. The summed E-state index contributed by atoms with van der Waals surface area (Å²) >= 11 is 5.26. The number of aromatic nitrogens is 1. The maximum absolute atomic E-state index is 5.26. The van der Waals surface area contributed by atoms with Gasteiger partial charge in [-0.3, -0.25) is 10.4 Å².